The van der Waals surface area contributed by atoms with Crippen molar-refractivity contribution < 1.29 is 58.5 Å². The fraction of sp³-hybridized carbons (Fsp3) is 1.00. The Labute approximate surface area is 118 Å². The third-order valence-electron chi connectivity index (χ3n) is 0. The molecule has 1 radical (unpaired) electrons. The van der Waals surface area contributed by atoms with Gasteiger partial charge in [-0.3, -0.25) is 0 Å². The van der Waals surface area contributed by atoms with Gasteiger partial charge in [-0.05, 0) is 6.92 Å². The van der Waals surface area contributed by atoms with Crippen molar-refractivity contribution in [3.8, 4) is 0 Å². The van der Waals surface area contributed by atoms with Gasteiger partial charge in [-0.15, -0.1) is 0 Å². The van der Waals surface area contributed by atoms with E-state index in [1.54, 1.807) is 6.92 Å². The summed E-state index contributed by atoms with van der Waals surface area (Å²) >= 11 is 0. The second kappa shape index (κ2) is 29.2. The topological polar surface area (TPSA) is 219 Å². The van der Waals surface area contributed by atoms with Crippen LogP contribution in [0.25, 0.3) is 0 Å². The second-order valence-corrected chi connectivity index (χ2v) is 0.987. The summed E-state index contributed by atoms with van der Waals surface area (Å²) in [6.07, 6.45) is 0. The van der Waals surface area contributed by atoms with Crippen molar-refractivity contribution in [3.05, 3.63) is 46.0 Å². The van der Waals surface area contributed by atoms with Gasteiger partial charge in [-0.2, -0.15) is 0 Å². The van der Waals surface area contributed by atoms with Crippen molar-refractivity contribution in [2.75, 3.05) is 6.61 Å². The minimum Gasteiger partial charge on any atom is -0.397 e. The van der Waals surface area contributed by atoms with E-state index in [-0.39, 0.29) is 44.8 Å². The molecule has 0 aliphatic heterocycles. The molecule has 0 aromatic heterocycles. The Balaban J connectivity index is -0.0000000331. The van der Waals surface area contributed by atoms with Crippen molar-refractivity contribution in [2.24, 2.45) is 0 Å². The van der Waals surface area contributed by atoms with Crippen LogP contribution in [0.3, 0.4) is 0 Å². The van der Waals surface area contributed by atoms with Gasteiger partial charge in [0.25, 0.3) is 0 Å². The van der Waals surface area contributed by atoms with Gasteiger partial charge in [-0.25, -0.2) is 0 Å². The summed E-state index contributed by atoms with van der Waals surface area (Å²) in [4.78, 5) is 24.8. The maximum Gasteiger partial charge on any atom is 3.00 e. The molecule has 0 spiro atoms. The van der Waals surface area contributed by atoms with E-state index < -0.39 is 15.3 Å². The van der Waals surface area contributed by atoms with Crippen LogP contribution in [-0.2, 0) is 0 Å². The van der Waals surface area contributed by atoms with Crippen molar-refractivity contribution in [3.63, 3.8) is 0 Å². The van der Waals surface area contributed by atoms with Crippen molar-refractivity contribution in [1.82, 2.24) is 0 Å². The van der Waals surface area contributed by atoms with Crippen LogP contribution in [-0.4, -0.2) is 27.0 Å². The first kappa shape index (κ1) is 29.4. The van der Waals surface area contributed by atoms with Crippen molar-refractivity contribution in [2.45, 2.75) is 6.92 Å². The Morgan fingerprint density at radius 2 is 0.812 bits per heavy atom. The van der Waals surface area contributed by atoms with Crippen LogP contribution >= 0.6 is 0 Å². The first-order valence-electron chi connectivity index (χ1n) is 2.67. The predicted molar refractivity (Wildman–Crippen MR) is 43.8 cm³/mol. The maximum atomic E-state index is 8.25. The summed E-state index contributed by atoms with van der Waals surface area (Å²) in [5, 5.41) is 51.8. The molecular formula is C2H6DyN3O10. The molecule has 16 heavy (non-hydrogen) atoms. The molecule has 99 valence electrons. The van der Waals surface area contributed by atoms with E-state index in [4.69, 9.17) is 51.1 Å². The quantitative estimate of drug-likeness (QED) is 0.401. The molecule has 13 nitrogen and oxygen atoms in total. The van der Waals surface area contributed by atoms with Crippen LogP contribution in [0.1, 0.15) is 6.92 Å². The molecule has 0 saturated carbocycles. The van der Waals surface area contributed by atoms with Crippen LogP contribution in [0.4, 0.5) is 0 Å². The second-order valence-electron chi connectivity index (χ2n) is 0.987. The molecule has 0 unspecified atom stereocenters. The largest absolute Gasteiger partial charge is 3.00 e. The minimum absolute atomic E-state index is 0. The first-order valence-corrected chi connectivity index (χ1v) is 2.67. The van der Waals surface area contributed by atoms with Gasteiger partial charge >= 0.3 is 38.2 Å². The number of rotatable bonds is 0. The Morgan fingerprint density at radius 3 is 0.812 bits per heavy atom. The molecule has 0 saturated heterocycles. The first-order chi connectivity index (χ1) is 6.61. The van der Waals surface area contributed by atoms with Crippen LogP contribution in [0, 0.1) is 84.1 Å². The number of hydrogen-bond donors (Lipinski definition) is 1. The van der Waals surface area contributed by atoms with E-state index in [1.807, 2.05) is 0 Å². The minimum atomic E-state index is -1.75. The fourth-order valence-corrected chi connectivity index (χ4v) is 0. The summed E-state index contributed by atoms with van der Waals surface area (Å²) < 4.78 is 0. The van der Waals surface area contributed by atoms with E-state index in [1.165, 1.54) is 0 Å². The Kier molecular flexibility index (Phi) is 53.6. The average molecular weight is 395 g/mol. The molecule has 0 bridgehead atoms. The third-order valence-corrected chi connectivity index (χ3v) is 0. The molecule has 0 fully saturated rings. The fourth-order valence-electron chi connectivity index (χ4n) is 0. The maximum absolute atomic E-state index is 8.25. The zero-order chi connectivity index (χ0) is 13.4. The van der Waals surface area contributed by atoms with Crippen LogP contribution in [0.2, 0.25) is 0 Å². The van der Waals surface area contributed by atoms with Gasteiger partial charge in [0.15, 0.2) is 0 Å². The predicted octanol–water partition coefficient (Wildman–Crippen LogP) is -0.719. The summed E-state index contributed by atoms with van der Waals surface area (Å²) in [5.41, 5.74) is 0. The van der Waals surface area contributed by atoms with Crippen LogP contribution in [0.5, 0.6) is 0 Å². The molecule has 0 aliphatic rings. The standard InChI is InChI=1S/C2H6O.Dy.3NO3/c1-2-3;;3*2-1(3)4/h3H,2H2,1H3;;;;/q;+3;3*-1. The molecule has 0 rings (SSSR count). The Hall–Kier alpha value is -1.17. The van der Waals surface area contributed by atoms with Crippen molar-refractivity contribution >= 4 is 0 Å². The molecule has 0 aromatic carbocycles. The normalized spacial score (nSPS) is 5.62. The molecular weight excluding hydrogens is 389 g/mol. The number of aliphatic hydroxyl groups is 1. The zero-order valence-corrected chi connectivity index (χ0v) is 9.52. The van der Waals surface area contributed by atoms with Gasteiger partial charge < -0.3 is 51.1 Å². The smallest absolute Gasteiger partial charge is 0.397 e. The molecule has 0 heterocycles. The van der Waals surface area contributed by atoms with E-state index in [9.17, 15) is 0 Å². The van der Waals surface area contributed by atoms with Crippen LogP contribution in [0.15, 0.2) is 0 Å². The third kappa shape index (κ3) is 1320. The molecule has 0 aromatic rings. The van der Waals surface area contributed by atoms with Gasteiger partial charge in [0, 0.05) is 6.61 Å². The molecule has 0 aliphatic carbocycles. The number of hydrogen-bond acceptors (Lipinski definition) is 10. The summed E-state index contributed by atoms with van der Waals surface area (Å²) in [6, 6.07) is 0. The van der Waals surface area contributed by atoms with Gasteiger partial charge in [-0.1, -0.05) is 0 Å². The number of nitrogens with zero attached hydrogens (tertiary/aromatic N) is 3. The molecule has 0 atom stereocenters. The summed E-state index contributed by atoms with van der Waals surface area (Å²) in [5.74, 6) is 0. The average Bonchev–Trinajstić information content (AvgIpc) is 1.81. The van der Waals surface area contributed by atoms with Crippen LogP contribution < -0.4 is 0 Å². The van der Waals surface area contributed by atoms with Gasteiger partial charge in [0.2, 0.25) is 0 Å². The van der Waals surface area contributed by atoms with E-state index >= 15 is 0 Å². The summed E-state index contributed by atoms with van der Waals surface area (Å²) in [7, 11) is 0. The molecule has 0 amide bonds. The summed E-state index contributed by atoms with van der Waals surface area (Å²) in [6.45, 7) is 1.93. The van der Waals surface area contributed by atoms with Gasteiger partial charge in [0.05, 0.1) is 15.3 Å². The molecule has 1 N–H and O–H groups in total. The van der Waals surface area contributed by atoms with E-state index in [0.717, 1.165) is 0 Å². The SMILES string of the molecule is CCO.O=[N+]([O-])[O-].O=[N+]([O-])[O-].O=[N+]([O-])[O-].[Dy+3]. The van der Waals surface area contributed by atoms with Crippen molar-refractivity contribution in [1.29, 1.82) is 0 Å². The number of aliphatic hydroxyl groups excluding tert-OH is 1. The Morgan fingerprint density at radius 1 is 0.812 bits per heavy atom. The molecule has 14 heteroatoms. The van der Waals surface area contributed by atoms with Gasteiger partial charge in [0.1, 0.15) is 0 Å². The van der Waals surface area contributed by atoms with E-state index in [0.29, 0.717) is 0 Å². The Bertz CT molecular complexity index is 133. The van der Waals surface area contributed by atoms with E-state index in [2.05, 4.69) is 0 Å². The zero-order valence-electron chi connectivity index (χ0n) is 7.49. The monoisotopic (exact) mass is 396 g/mol.